The number of rotatable bonds is 7. The maximum atomic E-state index is 13.2. The van der Waals surface area contributed by atoms with Crippen molar-refractivity contribution in [3.05, 3.63) is 89.1 Å². The van der Waals surface area contributed by atoms with Gasteiger partial charge in [-0.15, -0.1) is 0 Å². The van der Waals surface area contributed by atoms with Gasteiger partial charge >= 0.3 is 6.03 Å². The van der Waals surface area contributed by atoms with Gasteiger partial charge in [-0.2, -0.15) is 0 Å². The number of fused-ring (bicyclic) bond motifs is 3. The quantitative estimate of drug-likeness (QED) is 0.419. The van der Waals surface area contributed by atoms with Crippen molar-refractivity contribution in [1.29, 1.82) is 0 Å². The number of nitrogens with one attached hydrogen (secondary N) is 2. The smallest absolute Gasteiger partial charge is 0.324 e. The summed E-state index contributed by atoms with van der Waals surface area (Å²) >= 11 is 0. The minimum absolute atomic E-state index is 0.0332. The van der Waals surface area contributed by atoms with Crippen molar-refractivity contribution in [2.24, 2.45) is 5.92 Å². The molecule has 3 aliphatic heterocycles. The first-order valence-corrected chi connectivity index (χ1v) is 13.9. The second-order valence-electron chi connectivity index (χ2n) is 10.9. The summed E-state index contributed by atoms with van der Waals surface area (Å²) in [5, 5.41) is 5.84. The first-order valence-electron chi connectivity index (χ1n) is 13.9. The monoisotopic (exact) mass is 525 g/mol. The number of aromatic nitrogens is 1. The molecule has 4 heterocycles. The number of carbonyl (C=O) groups is 2. The van der Waals surface area contributed by atoms with Crippen LogP contribution < -0.4 is 10.6 Å². The van der Waals surface area contributed by atoms with Gasteiger partial charge < -0.3 is 15.0 Å². The van der Waals surface area contributed by atoms with E-state index in [-0.39, 0.29) is 11.9 Å². The standard InChI is InChI=1S/C31H35N5O3/c1-3-20(2)26-19-39-30-28-24(29(37)36(26)30)10-7-11-25(28)33-31(38)34-27-16-22(12-14-32-27)23-13-15-35(18-23)17-21-8-5-4-6-9-21/h4-12,14,16,20,23,26,30H,3,13,15,17-19H2,1-2H3,(H2,32,33,34,38)/t20-,23?,26+,30?/m0/s1. The molecule has 1 aromatic heterocycles. The number of pyridine rings is 1. The molecule has 8 nitrogen and oxygen atoms in total. The first-order chi connectivity index (χ1) is 19.0. The van der Waals surface area contributed by atoms with Crippen molar-refractivity contribution in [1.82, 2.24) is 14.8 Å². The van der Waals surface area contributed by atoms with E-state index in [2.05, 4.69) is 58.6 Å². The molecule has 3 amide bonds. The Morgan fingerprint density at radius 2 is 1.97 bits per heavy atom. The van der Waals surface area contributed by atoms with E-state index in [0.29, 0.717) is 35.5 Å². The maximum Gasteiger partial charge on any atom is 0.324 e. The summed E-state index contributed by atoms with van der Waals surface area (Å²) in [4.78, 5) is 35.0. The van der Waals surface area contributed by atoms with E-state index in [4.69, 9.17) is 4.74 Å². The zero-order chi connectivity index (χ0) is 26.9. The molecule has 6 rings (SSSR count). The highest BCUT2D eigenvalue weighted by molar-refractivity contribution is 6.05. The lowest BCUT2D eigenvalue weighted by Gasteiger charge is -2.26. The van der Waals surface area contributed by atoms with Crippen LogP contribution >= 0.6 is 0 Å². The molecule has 39 heavy (non-hydrogen) atoms. The van der Waals surface area contributed by atoms with Crippen LogP contribution in [0.3, 0.4) is 0 Å². The van der Waals surface area contributed by atoms with Crippen LogP contribution in [-0.2, 0) is 11.3 Å². The van der Waals surface area contributed by atoms with E-state index < -0.39 is 12.3 Å². The van der Waals surface area contributed by atoms with Gasteiger partial charge in [0.25, 0.3) is 5.91 Å². The maximum absolute atomic E-state index is 13.2. The van der Waals surface area contributed by atoms with Crippen LogP contribution in [0.4, 0.5) is 16.3 Å². The van der Waals surface area contributed by atoms with Crippen LogP contribution in [-0.4, -0.2) is 52.5 Å². The Morgan fingerprint density at radius 1 is 1.13 bits per heavy atom. The van der Waals surface area contributed by atoms with Gasteiger partial charge in [-0.25, -0.2) is 9.78 Å². The number of nitrogens with zero attached hydrogens (tertiary/aromatic N) is 3. The Morgan fingerprint density at radius 3 is 2.79 bits per heavy atom. The lowest BCUT2D eigenvalue weighted by atomic mass is 9.99. The fourth-order valence-corrected chi connectivity index (χ4v) is 6.11. The van der Waals surface area contributed by atoms with Crippen molar-refractivity contribution in [3.8, 4) is 0 Å². The Bertz CT molecular complexity index is 1360. The average Bonchev–Trinajstić information content (AvgIpc) is 3.66. The molecule has 2 aromatic carbocycles. The van der Waals surface area contributed by atoms with E-state index in [1.54, 1.807) is 12.3 Å². The van der Waals surface area contributed by atoms with Gasteiger partial charge in [0.15, 0.2) is 6.23 Å². The third-order valence-corrected chi connectivity index (χ3v) is 8.42. The minimum atomic E-state index is -0.467. The number of urea groups is 1. The molecule has 202 valence electrons. The molecule has 3 aromatic rings. The highest BCUT2D eigenvalue weighted by Crippen LogP contribution is 2.45. The van der Waals surface area contributed by atoms with E-state index in [9.17, 15) is 9.59 Å². The van der Waals surface area contributed by atoms with Crippen molar-refractivity contribution in [3.63, 3.8) is 0 Å². The molecule has 0 spiro atoms. The molecule has 0 aliphatic carbocycles. The lowest BCUT2D eigenvalue weighted by Crippen LogP contribution is -2.38. The van der Waals surface area contributed by atoms with E-state index >= 15 is 0 Å². The summed E-state index contributed by atoms with van der Waals surface area (Å²) in [5.41, 5.74) is 4.40. The normalized spacial score (nSPS) is 23.0. The van der Waals surface area contributed by atoms with Crippen LogP contribution in [0, 0.1) is 5.92 Å². The first kappa shape index (κ1) is 25.5. The Balaban J connectivity index is 1.12. The molecular weight excluding hydrogens is 490 g/mol. The minimum Gasteiger partial charge on any atom is -0.352 e. The van der Waals surface area contributed by atoms with E-state index in [1.165, 1.54) is 11.1 Å². The van der Waals surface area contributed by atoms with Crippen LogP contribution in [0.15, 0.2) is 66.9 Å². The Hall–Kier alpha value is -3.75. The largest absolute Gasteiger partial charge is 0.352 e. The van der Waals surface area contributed by atoms with Gasteiger partial charge in [0.05, 0.1) is 18.3 Å². The number of hydrogen-bond donors (Lipinski definition) is 2. The third kappa shape index (κ3) is 5.02. The zero-order valence-electron chi connectivity index (χ0n) is 22.5. The summed E-state index contributed by atoms with van der Waals surface area (Å²) in [6.07, 6.45) is 3.32. The average molecular weight is 526 g/mol. The fourth-order valence-electron chi connectivity index (χ4n) is 6.11. The summed E-state index contributed by atoms with van der Waals surface area (Å²) < 4.78 is 6.09. The van der Waals surface area contributed by atoms with E-state index in [1.807, 2.05) is 35.2 Å². The summed E-state index contributed by atoms with van der Waals surface area (Å²) in [5.74, 6) is 1.20. The molecule has 0 bridgehead atoms. The molecule has 4 atom stereocenters. The predicted molar refractivity (Wildman–Crippen MR) is 151 cm³/mol. The van der Waals surface area contributed by atoms with Gasteiger partial charge in [0, 0.05) is 30.4 Å². The summed E-state index contributed by atoms with van der Waals surface area (Å²) in [6.45, 7) is 7.74. The van der Waals surface area contributed by atoms with Crippen molar-refractivity contribution in [2.45, 2.75) is 51.4 Å². The molecule has 2 unspecified atom stereocenters. The molecule has 2 saturated heterocycles. The predicted octanol–water partition coefficient (Wildman–Crippen LogP) is 5.61. The molecule has 3 aliphatic rings. The highest BCUT2D eigenvalue weighted by atomic mass is 16.5. The topological polar surface area (TPSA) is 86.8 Å². The van der Waals surface area contributed by atoms with Crippen LogP contribution in [0.1, 0.15) is 65.9 Å². The summed E-state index contributed by atoms with van der Waals surface area (Å²) in [6, 6.07) is 19.6. The zero-order valence-corrected chi connectivity index (χ0v) is 22.5. The lowest BCUT2D eigenvalue weighted by molar-refractivity contribution is 0.0338. The van der Waals surface area contributed by atoms with Gasteiger partial charge in [0.2, 0.25) is 0 Å². The molecule has 2 N–H and O–H groups in total. The molecule has 0 saturated carbocycles. The number of anilines is 2. The van der Waals surface area contributed by atoms with E-state index in [0.717, 1.165) is 38.0 Å². The number of carbonyl (C=O) groups excluding carboxylic acids is 2. The second-order valence-corrected chi connectivity index (χ2v) is 10.9. The highest BCUT2D eigenvalue weighted by Gasteiger charge is 2.48. The van der Waals surface area contributed by atoms with Crippen LogP contribution in [0.5, 0.6) is 0 Å². The molecule has 0 radical (unpaired) electrons. The van der Waals surface area contributed by atoms with Gasteiger partial charge in [-0.05, 0) is 60.2 Å². The summed E-state index contributed by atoms with van der Waals surface area (Å²) in [7, 11) is 0. The van der Waals surface area contributed by atoms with Gasteiger partial charge in [0.1, 0.15) is 5.82 Å². The Kier molecular flexibility index (Phi) is 7.06. The van der Waals surface area contributed by atoms with Gasteiger partial charge in [-0.1, -0.05) is 56.7 Å². The van der Waals surface area contributed by atoms with Crippen molar-refractivity contribution < 1.29 is 14.3 Å². The number of likely N-dealkylation sites (tertiary alicyclic amines) is 1. The fraction of sp³-hybridized carbons (Fsp3) is 0.387. The second kappa shape index (κ2) is 10.8. The number of hydrogen-bond acceptors (Lipinski definition) is 5. The van der Waals surface area contributed by atoms with Crippen LogP contribution in [0.25, 0.3) is 0 Å². The molecular formula is C31H35N5O3. The molecule has 2 fully saturated rings. The number of benzene rings is 2. The number of ether oxygens (including phenoxy) is 1. The number of amides is 3. The van der Waals surface area contributed by atoms with Crippen molar-refractivity contribution >= 4 is 23.4 Å². The van der Waals surface area contributed by atoms with Crippen molar-refractivity contribution in [2.75, 3.05) is 30.3 Å². The Labute approximate surface area is 229 Å². The van der Waals surface area contributed by atoms with Crippen LogP contribution in [0.2, 0.25) is 0 Å². The molecule has 8 heteroatoms. The SMILES string of the molecule is CC[C@H](C)[C@H]1COC2c3c(NC(=O)Nc4cc(C5CCN(Cc6ccccc6)C5)ccn4)cccc3C(=O)N21. The third-order valence-electron chi connectivity index (χ3n) is 8.42. The van der Waals surface area contributed by atoms with Gasteiger partial charge in [-0.3, -0.25) is 15.0 Å².